The Bertz CT molecular complexity index is 852. The molecule has 0 fully saturated rings. The fourth-order valence-electron chi connectivity index (χ4n) is 2.03. The van der Waals surface area contributed by atoms with Crippen LogP contribution in [0.15, 0.2) is 38.4 Å². The lowest BCUT2D eigenvalue weighted by atomic mass is 9.96. The molecule has 0 aliphatic carbocycles. The van der Waals surface area contributed by atoms with Crippen LogP contribution in [0.5, 0.6) is 5.75 Å². The Hall–Kier alpha value is -2.35. The van der Waals surface area contributed by atoms with Gasteiger partial charge in [-0.2, -0.15) is 4.98 Å². The van der Waals surface area contributed by atoms with Crippen molar-refractivity contribution in [2.45, 2.75) is 57.1 Å². The van der Waals surface area contributed by atoms with Gasteiger partial charge in [-0.1, -0.05) is 55.4 Å². The second kappa shape index (κ2) is 7.49. The summed E-state index contributed by atoms with van der Waals surface area (Å²) in [5.41, 5.74) is 1.02. The number of hydrogen-bond donors (Lipinski definition) is 0. The number of thioether (sulfide) groups is 1. The first kappa shape index (κ1) is 18.4. The molecule has 3 aromatic rings. The number of hydrogen-bond acceptors (Lipinski definition) is 8. The van der Waals surface area contributed by atoms with Crippen LogP contribution in [0.2, 0.25) is 0 Å². The zero-order valence-corrected chi connectivity index (χ0v) is 16.3. The third-order valence-corrected chi connectivity index (χ3v) is 4.49. The van der Waals surface area contributed by atoms with Gasteiger partial charge in [0.15, 0.2) is 12.4 Å². The molecule has 2 heterocycles. The van der Waals surface area contributed by atoms with E-state index < -0.39 is 0 Å². The van der Waals surface area contributed by atoms with Gasteiger partial charge in [0.2, 0.25) is 5.89 Å². The van der Waals surface area contributed by atoms with Crippen LogP contribution in [0.25, 0.3) is 0 Å². The third-order valence-electron chi connectivity index (χ3n) is 3.57. The van der Waals surface area contributed by atoms with Crippen LogP contribution in [0, 0.1) is 6.92 Å². The number of benzene rings is 1. The van der Waals surface area contributed by atoms with E-state index in [1.165, 1.54) is 17.3 Å². The molecular formula is C18H22N4O3S. The topological polar surface area (TPSA) is 87.1 Å². The lowest BCUT2D eigenvalue weighted by Gasteiger charge is -2.11. The number of rotatable bonds is 6. The Morgan fingerprint density at radius 2 is 1.88 bits per heavy atom. The number of nitrogens with zero attached hydrogens (tertiary/aromatic N) is 4. The number of aromatic nitrogens is 4. The third kappa shape index (κ3) is 4.63. The Morgan fingerprint density at radius 3 is 2.54 bits per heavy atom. The van der Waals surface area contributed by atoms with Crippen LogP contribution in [-0.4, -0.2) is 20.3 Å². The Balaban J connectivity index is 1.57. The Kier molecular flexibility index (Phi) is 5.31. The lowest BCUT2D eigenvalue weighted by Crippen LogP contribution is -2.13. The fourth-order valence-corrected chi connectivity index (χ4v) is 2.76. The van der Waals surface area contributed by atoms with Crippen LogP contribution in [0.1, 0.15) is 56.1 Å². The van der Waals surface area contributed by atoms with Crippen molar-refractivity contribution in [3.05, 3.63) is 47.4 Å². The maximum atomic E-state index is 5.64. The van der Waals surface area contributed by atoms with Gasteiger partial charge in [0.1, 0.15) is 5.75 Å². The van der Waals surface area contributed by atoms with Crippen molar-refractivity contribution in [1.82, 2.24) is 20.3 Å². The highest BCUT2D eigenvalue weighted by atomic mass is 32.2. The van der Waals surface area contributed by atoms with Crippen molar-refractivity contribution < 1.29 is 13.7 Å². The molecule has 7 nitrogen and oxygen atoms in total. The molecule has 0 bridgehead atoms. The summed E-state index contributed by atoms with van der Waals surface area (Å²) in [6.45, 7) is 10.3. The summed E-state index contributed by atoms with van der Waals surface area (Å²) >= 11 is 1.37. The molecule has 0 saturated carbocycles. The zero-order chi connectivity index (χ0) is 18.7. The smallest absolute Gasteiger partial charge is 0.277 e. The van der Waals surface area contributed by atoms with Crippen molar-refractivity contribution in [2.24, 2.45) is 0 Å². The first-order chi connectivity index (χ1) is 12.3. The van der Waals surface area contributed by atoms with Crippen molar-refractivity contribution in [1.29, 1.82) is 0 Å². The molecule has 8 heteroatoms. The standard InChI is InChI=1S/C18H22N4O3S/c1-11-6-8-13(9-7-11)23-10-14-20-21-17(24-14)26-12(2)15-19-16(22-25-15)18(3,4)5/h6-9,12H,10H2,1-5H3/t12-/m1/s1. The molecule has 3 rings (SSSR count). The van der Waals surface area contributed by atoms with Crippen LogP contribution < -0.4 is 4.74 Å². The van der Waals surface area contributed by atoms with Gasteiger partial charge in [-0.05, 0) is 26.0 Å². The molecule has 26 heavy (non-hydrogen) atoms. The van der Waals surface area contributed by atoms with Crippen molar-refractivity contribution >= 4 is 11.8 Å². The molecule has 0 spiro atoms. The molecule has 0 unspecified atom stereocenters. The van der Waals surface area contributed by atoms with Crippen molar-refractivity contribution in [2.75, 3.05) is 0 Å². The van der Waals surface area contributed by atoms with Crippen LogP contribution in [-0.2, 0) is 12.0 Å². The van der Waals surface area contributed by atoms with E-state index in [1.807, 2.05) is 58.9 Å². The summed E-state index contributed by atoms with van der Waals surface area (Å²) in [5.74, 6) is 2.39. The predicted molar refractivity (Wildman–Crippen MR) is 97.1 cm³/mol. The monoisotopic (exact) mass is 374 g/mol. The number of aryl methyl sites for hydroxylation is 1. The molecule has 0 amide bonds. The van der Waals surface area contributed by atoms with Crippen molar-refractivity contribution in [3.63, 3.8) is 0 Å². The van der Waals surface area contributed by atoms with Gasteiger partial charge in [-0.25, -0.2) is 0 Å². The van der Waals surface area contributed by atoms with E-state index in [0.29, 0.717) is 22.8 Å². The summed E-state index contributed by atoms with van der Waals surface area (Å²) < 4.78 is 16.6. The van der Waals surface area contributed by atoms with Gasteiger partial charge in [-0.15, -0.1) is 10.2 Å². The Labute approximate surface area is 156 Å². The van der Waals surface area contributed by atoms with Gasteiger partial charge in [0, 0.05) is 5.41 Å². The first-order valence-electron chi connectivity index (χ1n) is 8.34. The molecule has 0 N–H and O–H groups in total. The molecule has 138 valence electrons. The van der Waals surface area contributed by atoms with Gasteiger partial charge in [-0.3, -0.25) is 0 Å². The molecule has 0 saturated heterocycles. The minimum Gasteiger partial charge on any atom is -0.484 e. The van der Waals surface area contributed by atoms with E-state index in [2.05, 4.69) is 20.3 Å². The van der Waals surface area contributed by atoms with E-state index in [4.69, 9.17) is 13.7 Å². The molecule has 2 aromatic heterocycles. The first-order valence-corrected chi connectivity index (χ1v) is 9.22. The van der Waals surface area contributed by atoms with Gasteiger partial charge in [0.25, 0.3) is 11.1 Å². The van der Waals surface area contributed by atoms with Crippen LogP contribution in [0.4, 0.5) is 0 Å². The molecule has 1 aromatic carbocycles. The predicted octanol–water partition coefficient (Wildman–Crippen LogP) is 4.49. The summed E-state index contributed by atoms with van der Waals surface area (Å²) in [4.78, 5) is 4.45. The summed E-state index contributed by atoms with van der Waals surface area (Å²) in [6, 6.07) is 7.79. The highest BCUT2D eigenvalue weighted by molar-refractivity contribution is 7.99. The molecule has 0 aliphatic heterocycles. The number of ether oxygens (including phenoxy) is 1. The largest absolute Gasteiger partial charge is 0.484 e. The minimum atomic E-state index is -0.156. The highest BCUT2D eigenvalue weighted by Gasteiger charge is 2.24. The van der Waals surface area contributed by atoms with Gasteiger partial charge < -0.3 is 13.7 Å². The summed E-state index contributed by atoms with van der Waals surface area (Å²) in [7, 11) is 0. The summed E-state index contributed by atoms with van der Waals surface area (Å²) in [6.07, 6.45) is 0. The molecule has 1 atom stereocenters. The second-order valence-electron chi connectivity index (χ2n) is 7.03. The van der Waals surface area contributed by atoms with Gasteiger partial charge in [0.05, 0.1) is 5.25 Å². The normalized spacial score (nSPS) is 13.0. The van der Waals surface area contributed by atoms with E-state index in [0.717, 1.165) is 5.75 Å². The highest BCUT2D eigenvalue weighted by Crippen LogP contribution is 2.34. The van der Waals surface area contributed by atoms with Crippen molar-refractivity contribution in [3.8, 4) is 5.75 Å². The molecule has 0 radical (unpaired) electrons. The van der Waals surface area contributed by atoms with Gasteiger partial charge >= 0.3 is 0 Å². The van der Waals surface area contributed by atoms with E-state index >= 15 is 0 Å². The van der Waals surface area contributed by atoms with Crippen LogP contribution >= 0.6 is 11.8 Å². The molecular weight excluding hydrogens is 352 g/mol. The summed E-state index contributed by atoms with van der Waals surface area (Å²) in [5, 5.41) is 12.4. The maximum Gasteiger partial charge on any atom is 0.277 e. The zero-order valence-electron chi connectivity index (χ0n) is 15.5. The average molecular weight is 374 g/mol. The quantitative estimate of drug-likeness (QED) is 0.583. The van der Waals surface area contributed by atoms with E-state index in [1.54, 1.807) is 0 Å². The lowest BCUT2D eigenvalue weighted by molar-refractivity contribution is 0.252. The molecule has 0 aliphatic rings. The average Bonchev–Trinajstić information content (AvgIpc) is 3.23. The maximum absolute atomic E-state index is 5.64. The van der Waals surface area contributed by atoms with E-state index in [9.17, 15) is 0 Å². The minimum absolute atomic E-state index is 0.0927. The van der Waals surface area contributed by atoms with Crippen LogP contribution in [0.3, 0.4) is 0 Å². The SMILES string of the molecule is Cc1ccc(OCc2nnc(S[C@H](C)c3nc(C(C)(C)C)no3)o2)cc1. The van der Waals surface area contributed by atoms with E-state index in [-0.39, 0.29) is 17.3 Å². The fraction of sp³-hybridized carbons (Fsp3) is 0.444. The second-order valence-corrected chi connectivity index (χ2v) is 8.32. The Morgan fingerprint density at radius 1 is 1.15 bits per heavy atom.